The van der Waals surface area contributed by atoms with E-state index in [1.165, 1.54) is 18.3 Å². The summed E-state index contributed by atoms with van der Waals surface area (Å²) in [6.07, 6.45) is 1.43. The van der Waals surface area contributed by atoms with E-state index in [2.05, 4.69) is 20.9 Å². The number of hydrogen-bond donors (Lipinski definition) is 4. The van der Waals surface area contributed by atoms with E-state index in [4.69, 9.17) is 5.26 Å². The summed E-state index contributed by atoms with van der Waals surface area (Å²) in [5.41, 5.74) is 1.75. The van der Waals surface area contributed by atoms with Gasteiger partial charge in [0.1, 0.15) is 11.4 Å². The minimum absolute atomic E-state index is 0.0473. The molecule has 9 heteroatoms. The molecule has 1 aromatic heterocycles. The lowest BCUT2D eigenvalue weighted by molar-refractivity contribution is 0.102. The third-order valence-electron chi connectivity index (χ3n) is 4.12. The summed E-state index contributed by atoms with van der Waals surface area (Å²) < 4.78 is 26.9. The highest BCUT2D eigenvalue weighted by atomic mass is 19.2. The second-order valence-corrected chi connectivity index (χ2v) is 5.95. The molecule has 0 atom stereocenters. The highest BCUT2D eigenvalue weighted by molar-refractivity contribution is 6.15. The molecular weight excluding hydrogens is 368 g/mol. The molecule has 2 heterocycles. The molecule has 138 valence electrons. The molecule has 0 saturated heterocycles. The van der Waals surface area contributed by atoms with E-state index in [1.807, 2.05) is 6.07 Å². The molecule has 1 amide bonds. The van der Waals surface area contributed by atoms with Crippen LogP contribution in [0.25, 0.3) is 0 Å². The highest BCUT2D eigenvalue weighted by Gasteiger charge is 2.24. The number of benzene rings is 2. The Morgan fingerprint density at radius 1 is 1.11 bits per heavy atom. The summed E-state index contributed by atoms with van der Waals surface area (Å²) in [5.74, 6) is -3.73. The number of phenols is 1. The minimum Gasteiger partial charge on any atom is -0.505 e. The summed E-state index contributed by atoms with van der Waals surface area (Å²) in [5, 5.41) is 27.0. The maximum Gasteiger partial charge on any atom is 0.261 e. The molecule has 3 aromatic rings. The van der Waals surface area contributed by atoms with E-state index in [9.17, 15) is 18.7 Å². The lowest BCUT2D eigenvalue weighted by atomic mass is 10.1. The predicted molar refractivity (Wildman–Crippen MR) is 97.9 cm³/mol. The number of carbonyl (C=O) groups excluding carboxylic acids is 1. The van der Waals surface area contributed by atoms with Crippen LogP contribution < -0.4 is 16.0 Å². The van der Waals surface area contributed by atoms with Crippen LogP contribution in [0.15, 0.2) is 42.6 Å². The number of anilines is 5. The topological polar surface area (TPSA) is 110 Å². The third kappa shape index (κ3) is 2.93. The van der Waals surface area contributed by atoms with Crippen LogP contribution in [-0.4, -0.2) is 16.0 Å². The number of nitrogens with zero attached hydrogens (tertiary/aromatic N) is 2. The molecule has 7 nitrogen and oxygen atoms in total. The van der Waals surface area contributed by atoms with E-state index >= 15 is 0 Å². The fraction of sp³-hybridized carbons (Fsp3) is 0. The van der Waals surface area contributed by atoms with Gasteiger partial charge in [-0.1, -0.05) is 0 Å². The SMILES string of the molecule is N#Cc1ccc2c(c1)NC(=O)c1c(Nc3cc(O)c(F)c(F)c3)ccnc1N2. The molecular formula is C19H11F2N5O2. The molecule has 0 fully saturated rings. The van der Waals surface area contributed by atoms with Gasteiger partial charge in [0.25, 0.3) is 5.91 Å². The van der Waals surface area contributed by atoms with Crippen molar-refractivity contribution in [3.63, 3.8) is 0 Å². The Balaban J connectivity index is 1.76. The molecule has 0 bridgehead atoms. The average Bonchev–Trinajstić information content (AvgIpc) is 2.81. The fourth-order valence-electron chi connectivity index (χ4n) is 2.83. The lowest BCUT2D eigenvalue weighted by Crippen LogP contribution is -2.13. The number of amides is 1. The second-order valence-electron chi connectivity index (χ2n) is 5.95. The van der Waals surface area contributed by atoms with Gasteiger partial charge in [0.2, 0.25) is 0 Å². The van der Waals surface area contributed by atoms with Crippen LogP contribution in [0.2, 0.25) is 0 Å². The van der Waals surface area contributed by atoms with E-state index in [-0.39, 0.29) is 22.8 Å². The Morgan fingerprint density at radius 2 is 1.93 bits per heavy atom. The van der Waals surface area contributed by atoms with Crippen molar-refractivity contribution in [2.75, 3.05) is 16.0 Å². The number of rotatable bonds is 2. The third-order valence-corrected chi connectivity index (χ3v) is 4.12. The number of phenolic OH excluding ortho intramolecular Hbond substituents is 1. The first-order valence-electron chi connectivity index (χ1n) is 8.03. The second kappa shape index (κ2) is 6.51. The zero-order chi connectivity index (χ0) is 19.8. The molecule has 0 aliphatic carbocycles. The maximum absolute atomic E-state index is 13.6. The Labute approximate surface area is 157 Å². The number of nitriles is 1. The van der Waals surface area contributed by atoms with Crippen LogP contribution in [0.1, 0.15) is 15.9 Å². The largest absolute Gasteiger partial charge is 0.505 e. The van der Waals surface area contributed by atoms with E-state index in [0.29, 0.717) is 16.9 Å². The van der Waals surface area contributed by atoms with Crippen LogP contribution >= 0.6 is 0 Å². The van der Waals surface area contributed by atoms with Crippen molar-refractivity contribution in [1.29, 1.82) is 5.26 Å². The minimum atomic E-state index is -1.36. The number of pyridine rings is 1. The van der Waals surface area contributed by atoms with Crippen molar-refractivity contribution in [3.8, 4) is 11.8 Å². The molecule has 1 aliphatic heterocycles. The first-order chi connectivity index (χ1) is 13.5. The maximum atomic E-state index is 13.6. The van der Waals surface area contributed by atoms with Crippen molar-refractivity contribution < 1.29 is 18.7 Å². The number of halogens is 2. The average molecular weight is 379 g/mol. The Morgan fingerprint density at radius 3 is 2.68 bits per heavy atom. The van der Waals surface area contributed by atoms with Gasteiger partial charge in [0.05, 0.1) is 28.7 Å². The molecule has 2 aromatic carbocycles. The Hall–Kier alpha value is -4.19. The molecule has 1 aliphatic rings. The summed E-state index contributed by atoms with van der Waals surface area (Å²) in [6, 6.07) is 10.1. The first kappa shape index (κ1) is 17.2. The first-order valence-corrected chi connectivity index (χ1v) is 8.03. The van der Waals surface area contributed by atoms with Crippen LogP contribution in [-0.2, 0) is 0 Å². The number of carbonyl (C=O) groups is 1. The normalized spacial score (nSPS) is 12.0. The lowest BCUT2D eigenvalue weighted by Gasteiger charge is -2.13. The van der Waals surface area contributed by atoms with Crippen LogP contribution in [0.3, 0.4) is 0 Å². The summed E-state index contributed by atoms with van der Waals surface area (Å²) in [4.78, 5) is 16.9. The van der Waals surface area contributed by atoms with Crippen molar-refractivity contribution >= 4 is 34.5 Å². The molecule has 4 N–H and O–H groups in total. The van der Waals surface area contributed by atoms with Gasteiger partial charge >= 0.3 is 0 Å². The highest BCUT2D eigenvalue weighted by Crippen LogP contribution is 2.36. The van der Waals surface area contributed by atoms with Gasteiger partial charge < -0.3 is 21.1 Å². The van der Waals surface area contributed by atoms with Gasteiger partial charge in [-0.15, -0.1) is 0 Å². The molecule has 4 rings (SSSR count). The monoisotopic (exact) mass is 379 g/mol. The zero-order valence-electron chi connectivity index (χ0n) is 14.0. The van der Waals surface area contributed by atoms with Gasteiger partial charge in [-0.2, -0.15) is 9.65 Å². The van der Waals surface area contributed by atoms with Crippen LogP contribution in [0, 0.1) is 23.0 Å². The smallest absolute Gasteiger partial charge is 0.261 e. The molecule has 0 saturated carbocycles. The van der Waals surface area contributed by atoms with Gasteiger partial charge in [-0.25, -0.2) is 9.37 Å². The van der Waals surface area contributed by atoms with Crippen molar-refractivity contribution in [3.05, 3.63) is 65.4 Å². The number of hydrogen-bond acceptors (Lipinski definition) is 6. The summed E-state index contributed by atoms with van der Waals surface area (Å²) in [7, 11) is 0. The molecule has 28 heavy (non-hydrogen) atoms. The molecule has 0 radical (unpaired) electrons. The molecule has 0 spiro atoms. The van der Waals surface area contributed by atoms with Crippen LogP contribution in [0.4, 0.5) is 37.3 Å². The van der Waals surface area contributed by atoms with E-state index in [1.54, 1.807) is 12.1 Å². The summed E-state index contributed by atoms with van der Waals surface area (Å²) in [6.45, 7) is 0. The Bertz CT molecular complexity index is 1150. The van der Waals surface area contributed by atoms with Gasteiger partial charge in [-0.3, -0.25) is 4.79 Å². The summed E-state index contributed by atoms with van der Waals surface area (Å²) >= 11 is 0. The number of aromatic nitrogens is 1. The molecule has 0 unspecified atom stereocenters. The van der Waals surface area contributed by atoms with Crippen molar-refractivity contribution in [2.45, 2.75) is 0 Å². The van der Waals surface area contributed by atoms with Gasteiger partial charge in [-0.05, 0) is 24.3 Å². The number of aromatic hydroxyl groups is 1. The zero-order valence-corrected chi connectivity index (χ0v) is 14.0. The standard InChI is InChI=1S/C19H11F2N5O2/c20-11-6-10(7-15(27)17(11)21)24-13-3-4-23-18-16(13)19(28)26-14-5-9(8-22)1-2-12(14)25-18/h1-7,27H,(H,26,28)(H2,23,24,25). The van der Waals surface area contributed by atoms with Crippen LogP contribution in [0.5, 0.6) is 5.75 Å². The van der Waals surface area contributed by atoms with Crippen molar-refractivity contribution in [2.24, 2.45) is 0 Å². The van der Waals surface area contributed by atoms with Gasteiger partial charge in [0.15, 0.2) is 17.4 Å². The predicted octanol–water partition coefficient (Wildman–Crippen LogP) is 3.99. The quantitative estimate of drug-likeness (QED) is 0.536. The van der Waals surface area contributed by atoms with Crippen molar-refractivity contribution in [1.82, 2.24) is 4.98 Å². The fourth-order valence-corrected chi connectivity index (χ4v) is 2.83. The Kier molecular flexibility index (Phi) is 4.01. The number of nitrogens with one attached hydrogen (secondary N) is 3. The van der Waals surface area contributed by atoms with Gasteiger partial charge in [0, 0.05) is 24.0 Å². The number of fused-ring (bicyclic) bond motifs is 2. The van der Waals surface area contributed by atoms with E-state index < -0.39 is 23.3 Å². The van der Waals surface area contributed by atoms with E-state index in [0.717, 1.165) is 12.1 Å².